The Balaban J connectivity index is 1.48. The van der Waals surface area contributed by atoms with Crippen LogP contribution in [0.25, 0.3) is 33.3 Å². The molecule has 2 aliphatic rings. The number of oxazole rings is 1. The molecule has 8 heteroatoms. The van der Waals surface area contributed by atoms with Crippen molar-refractivity contribution in [2.45, 2.75) is 25.1 Å². The Kier molecular flexibility index (Phi) is 3.44. The third kappa shape index (κ3) is 2.66. The molecule has 0 unspecified atom stereocenters. The lowest BCUT2D eigenvalue weighted by molar-refractivity contribution is 0.192. The van der Waals surface area contributed by atoms with Gasteiger partial charge in [0, 0.05) is 29.9 Å². The van der Waals surface area contributed by atoms with E-state index in [1.807, 2.05) is 24.3 Å². The normalized spacial score (nSPS) is 20.7. The van der Waals surface area contributed by atoms with Crippen LogP contribution in [-0.4, -0.2) is 35.3 Å². The number of hydrogen-bond acceptors (Lipinski definition) is 6. The Labute approximate surface area is 165 Å². The van der Waals surface area contributed by atoms with E-state index in [1.54, 1.807) is 0 Å². The highest BCUT2D eigenvalue weighted by Gasteiger charge is 2.29. The Hall–Kier alpha value is -3.42. The smallest absolute Gasteiger partial charge is 0.292 e. The van der Waals surface area contributed by atoms with Gasteiger partial charge in [-0.2, -0.15) is 4.98 Å². The fraction of sp³-hybridized carbons (Fsp3) is 0.286. The zero-order chi connectivity index (χ0) is 19.5. The van der Waals surface area contributed by atoms with Gasteiger partial charge in [-0.1, -0.05) is 0 Å². The summed E-state index contributed by atoms with van der Waals surface area (Å²) in [5, 5.41) is 7.92. The zero-order valence-electron chi connectivity index (χ0n) is 15.6. The van der Waals surface area contributed by atoms with Crippen LogP contribution in [0.15, 0.2) is 34.7 Å². The first-order chi connectivity index (χ1) is 14.1. The molecule has 1 aliphatic carbocycles. The summed E-state index contributed by atoms with van der Waals surface area (Å²) in [4.78, 5) is 7.76. The number of nitrogens with one attached hydrogen (secondary N) is 3. The Morgan fingerprint density at radius 2 is 2.10 bits per heavy atom. The fourth-order valence-corrected chi connectivity index (χ4v) is 4.22. The van der Waals surface area contributed by atoms with Gasteiger partial charge in [-0.15, -0.1) is 0 Å². The van der Waals surface area contributed by atoms with E-state index in [0.717, 1.165) is 39.3 Å². The van der Waals surface area contributed by atoms with Crippen molar-refractivity contribution in [1.29, 1.82) is 0 Å². The maximum atomic E-state index is 13.2. The fourth-order valence-electron chi connectivity index (χ4n) is 4.22. The second-order valence-electron chi connectivity index (χ2n) is 7.69. The largest absolute Gasteiger partial charge is 0.491 e. The van der Waals surface area contributed by atoms with Gasteiger partial charge in [0.15, 0.2) is 5.58 Å². The predicted molar refractivity (Wildman–Crippen MR) is 111 cm³/mol. The molecule has 1 saturated carbocycles. The van der Waals surface area contributed by atoms with Gasteiger partial charge in [-0.05, 0) is 37.1 Å². The molecule has 4 aromatic rings. The molecule has 0 saturated heterocycles. The van der Waals surface area contributed by atoms with E-state index < -0.39 is 6.17 Å². The minimum absolute atomic E-state index is 0.156. The monoisotopic (exact) mass is 393 g/mol. The number of nitrogens with two attached hydrogens (primary N) is 1. The van der Waals surface area contributed by atoms with Crippen LogP contribution in [-0.2, 0) is 0 Å². The summed E-state index contributed by atoms with van der Waals surface area (Å²) < 4.78 is 24.6. The second kappa shape index (κ2) is 6.04. The summed E-state index contributed by atoms with van der Waals surface area (Å²) in [7, 11) is 0. The van der Waals surface area contributed by atoms with Gasteiger partial charge in [0.2, 0.25) is 0 Å². The number of ether oxygens (including phenoxy) is 1. The molecule has 1 fully saturated rings. The molecule has 2 aromatic carbocycles. The number of anilines is 3. The first-order valence-electron chi connectivity index (χ1n) is 9.77. The standard InChI is InChI=1S/C21H20FN5O2/c22-11-6-12(7-11)25-13-8-15-18-17(9-13)28-4-3-24-20(18)19(26-15)10-1-2-16-14(5-10)27-21(23)29-16/h1-2,5,8-9,11-12,24-26H,3-4,6-7H2,(H2,23,27). The van der Waals surface area contributed by atoms with Crippen molar-refractivity contribution < 1.29 is 13.5 Å². The molecule has 29 heavy (non-hydrogen) atoms. The number of H-pyrrole nitrogens is 1. The van der Waals surface area contributed by atoms with Crippen LogP contribution in [0.5, 0.6) is 5.75 Å². The average Bonchev–Trinajstić information content (AvgIpc) is 3.14. The van der Waals surface area contributed by atoms with E-state index in [-0.39, 0.29) is 12.1 Å². The molecule has 0 spiro atoms. The number of alkyl halides is 1. The zero-order valence-corrected chi connectivity index (χ0v) is 15.6. The molecule has 148 valence electrons. The molecular weight excluding hydrogens is 373 g/mol. The molecule has 0 bridgehead atoms. The van der Waals surface area contributed by atoms with E-state index in [1.165, 1.54) is 0 Å². The molecule has 5 N–H and O–H groups in total. The SMILES string of the molecule is Nc1nc2cc(-c3[nH]c4cc(NC5CC(F)C5)cc5c4c3NCCO5)ccc2o1. The maximum absolute atomic E-state index is 13.2. The lowest BCUT2D eigenvalue weighted by Gasteiger charge is -2.31. The molecule has 1 aliphatic heterocycles. The van der Waals surface area contributed by atoms with Crippen LogP contribution < -0.4 is 21.1 Å². The molecule has 0 atom stereocenters. The third-order valence-electron chi connectivity index (χ3n) is 5.67. The molecule has 3 heterocycles. The van der Waals surface area contributed by atoms with Gasteiger partial charge in [-0.25, -0.2) is 4.39 Å². The first-order valence-corrected chi connectivity index (χ1v) is 9.77. The van der Waals surface area contributed by atoms with Gasteiger partial charge >= 0.3 is 0 Å². The number of halogens is 1. The summed E-state index contributed by atoms with van der Waals surface area (Å²) in [5.41, 5.74) is 11.9. The molecule has 2 aromatic heterocycles. The summed E-state index contributed by atoms with van der Waals surface area (Å²) in [6.07, 6.45) is 0.415. The maximum Gasteiger partial charge on any atom is 0.292 e. The number of fused-ring (bicyclic) bond motifs is 1. The van der Waals surface area contributed by atoms with Crippen LogP contribution in [0.2, 0.25) is 0 Å². The van der Waals surface area contributed by atoms with E-state index in [0.29, 0.717) is 37.1 Å². The summed E-state index contributed by atoms with van der Waals surface area (Å²) in [5.74, 6) is 0.815. The summed E-state index contributed by atoms with van der Waals surface area (Å²) in [6.45, 7) is 1.27. The highest BCUT2D eigenvalue weighted by Crippen LogP contribution is 2.43. The quantitative estimate of drug-likeness (QED) is 0.415. The first kappa shape index (κ1) is 16.5. The van der Waals surface area contributed by atoms with Crippen molar-refractivity contribution in [3.05, 3.63) is 30.3 Å². The van der Waals surface area contributed by atoms with Gasteiger partial charge in [-0.3, -0.25) is 0 Å². The number of benzene rings is 2. The average molecular weight is 393 g/mol. The highest BCUT2D eigenvalue weighted by atomic mass is 19.1. The van der Waals surface area contributed by atoms with Crippen LogP contribution in [0.1, 0.15) is 12.8 Å². The molecule has 0 amide bonds. The number of nitrogens with zero attached hydrogens (tertiary/aromatic N) is 1. The lowest BCUT2D eigenvalue weighted by Crippen LogP contribution is -2.36. The number of hydrogen-bond donors (Lipinski definition) is 4. The van der Waals surface area contributed by atoms with Crippen molar-refractivity contribution in [2.75, 3.05) is 29.5 Å². The number of rotatable bonds is 3. The topological polar surface area (TPSA) is 101 Å². The van der Waals surface area contributed by atoms with E-state index in [2.05, 4.69) is 26.7 Å². The van der Waals surface area contributed by atoms with Crippen molar-refractivity contribution in [2.24, 2.45) is 0 Å². The Bertz CT molecular complexity index is 1240. The molecule has 6 rings (SSSR count). The number of aromatic nitrogens is 2. The number of aromatic amines is 1. The van der Waals surface area contributed by atoms with Gasteiger partial charge in [0.05, 0.1) is 22.3 Å². The van der Waals surface area contributed by atoms with Crippen LogP contribution in [0.3, 0.4) is 0 Å². The number of nitrogen functional groups attached to an aromatic ring is 1. The van der Waals surface area contributed by atoms with Crippen molar-refractivity contribution in [3.8, 4) is 17.0 Å². The van der Waals surface area contributed by atoms with Gasteiger partial charge in [0.1, 0.15) is 24.0 Å². The van der Waals surface area contributed by atoms with Crippen molar-refractivity contribution in [3.63, 3.8) is 0 Å². The minimum atomic E-state index is -0.692. The summed E-state index contributed by atoms with van der Waals surface area (Å²) in [6, 6.07) is 10.2. The van der Waals surface area contributed by atoms with E-state index in [9.17, 15) is 4.39 Å². The van der Waals surface area contributed by atoms with Crippen LogP contribution in [0.4, 0.5) is 21.8 Å². The van der Waals surface area contributed by atoms with E-state index >= 15 is 0 Å². The van der Waals surface area contributed by atoms with Gasteiger partial charge in [0.25, 0.3) is 6.01 Å². The van der Waals surface area contributed by atoms with E-state index in [4.69, 9.17) is 14.9 Å². The molecular formula is C21H20FN5O2. The predicted octanol–water partition coefficient (Wildman–Crippen LogP) is 4.28. The third-order valence-corrected chi connectivity index (χ3v) is 5.67. The lowest BCUT2D eigenvalue weighted by atomic mass is 9.90. The molecule has 7 nitrogen and oxygen atoms in total. The van der Waals surface area contributed by atoms with Crippen molar-refractivity contribution in [1.82, 2.24) is 9.97 Å². The Morgan fingerprint density at radius 1 is 1.21 bits per heavy atom. The van der Waals surface area contributed by atoms with Crippen LogP contribution in [0, 0.1) is 0 Å². The van der Waals surface area contributed by atoms with Crippen LogP contribution >= 0.6 is 0 Å². The van der Waals surface area contributed by atoms with Gasteiger partial charge < -0.3 is 30.5 Å². The second-order valence-corrected chi connectivity index (χ2v) is 7.69. The summed E-state index contributed by atoms with van der Waals surface area (Å²) >= 11 is 0. The van der Waals surface area contributed by atoms with Crippen molar-refractivity contribution >= 4 is 39.4 Å². The highest BCUT2D eigenvalue weighted by molar-refractivity contribution is 6.07. The Morgan fingerprint density at radius 3 is 2.97 bits per heavy atom. The minimum Gasteiger partial charge on any atom is -0.491 e. The molecule has 0 radical (unpaired) electrons.